The van der Waals surface area contributed by atoms with E-state index in [1.807, 2.05) is 13.0 Å². The molecule has 144 valence electrons. The van der Waals surface area contributed by atoms with E-state index in [0.717, 1.165) is 18.5 Å². The molecule has 0 amide bonds. The Bertz CT molecular complexity index is 600. The van der Waals surface area contributed by atoms with E-state index >= 15 is 0 Å². The highest BCUT2D eigenvalue weighted by atomic mass is 16.5. The Morgan fingerprint density at radius 3 is 2.38 bits per heavy atom. The van der Waals surface area contributed by atoms with E-state index in [1.165, 1.54) is 44.1 Å². The maximum absolute atomic E-state index is 10.9. The fourth-order valence-corrected chi connectivity index (χ4v) is 3.99. The summed E-state index contributed by atoms with van der Waals surface area (Å²) in [7, 11) is 3.25. The van der Waals surface area contributed by atoms with Gasteiger partial charge in [0.05, 0.1) is 6.61 Å². The van der Waals surface area contributed by atoms with Crippen molar-refractivity contribution in [3.05, 3.63) is 35.4 Å². The van der Waals surface area contributed by atoms with Crippen molar-refractivity contribution in [3.63, 3.8) is 0 Å². The normalized spacial score (nSPS) is 17.9. The van der Waals surface area contributed by atoms with Crippen LogP contribution >= 0.6 is 0 Å². The molecule has 0 radical (unpaired) electrons. The summed E-state index contributed by atoms with van der Waals surface area (Å²) in [6, 6.07) is 5.36. The largest absolute Gasteiger partial charge is 0.490 e. The van der Waals surface area contributed by atoms with Gasteiger partial charge < -0.3 is 14.2 Å². The first-order valence-electron chi connectivity index (χ1n) is 9.62. The maximum atomic E-state index is 10.9. The minimum absolute atomic E-state index is 0.459. The lowest BCUT2D eigenvalue weighted by atomic mass is 9.75. The monoisotopic (exact) mass is 360 g/mol. The van der Waals surface area contributed by atoms with Crippen LogP contribution in [0, 0.1) is 5.41 Å². The SMILES string of the molecule is CCOc1cc(C=O)ccc1OCC1=CC2(CCCC2)CCC1.COC. The topological polar surface area (TPSA) is 44.8 Å². The Balaban J connectivity index is 0.000000758. The molecule has 0 N–H and O–H groups in total. The summed E-state index contributed by atoms with van der Waals surface area (Å²) in [5.74, 6) is 1.38. The van der Waals surface area contributed by atoms with Gasteiger partial charge in [0.2, 0.25) is 0 Å². The molecule has 2 aliphatic rings. The molecule has 0 aromatic heterocycles. The standard InChI is InChI=1S/C20H26O3.C2H6O/c1-2-22-19-12-16(14-21)7-8-18(19)23-15-17-6-5-11-20(13-17)9-3-4-10-20;1-3-2/h7-8,12-14H,2-6,9-11,15H2,1H3;1-2H3. The first-order valence-corrected chi connectivity index (χ1v) is 9.62. The lowest BCUT2D eigenvalue weighted by Crippen LogP contribution is -2.19. The van der Waals surface area contributed by atoms with Gasteiger partial charge in [0.25, 0.3) is 0 Å². The van der Waals surface area contributed by atoms with E-state index in [1.54, 1.807) is 26.4 Å². The van der Waals surface area contributed by atoms with E-state index in [0.29, 0.717) is 29.9 Å². The van der Waals surface area contributed by atoms with Crippen LogP contribution in [0.25, 0.3) is 0 Å². The van der Waals surface area contributed by atoms with Crippen molar-refractivity contribution >= 4 is 6.29 Å². The van der Waals surface area contributed by atoms with Gasteiger partial charge in [-0.2, -0.15) is 0 Å². The minimum atomic E-state index is 0.459. The molecule has 0 bridgehead atoms. The van der Waals surface area contributed by atoms with Gasteiger partial charge in [-0.05, 0) is 68.2 Å². The van der Waals surface area contributed by atoms with Crippen LogP contribution in [0.3, 0.4) is 0 Å². The fourth-order valence-electron chi connectivity index (χ4n) is 3.99. The Kier molecular flexibility index (Phi) is 8.17. The predicted molar refractivity (Wildman–Crippen MR) is 104 cm³/mol. The molecule has 4 heteroatoms. The molecule has 26 heavy (non-hydrogen) atoms. The van der Waals surface area contributed by atoms with Gasteiger partial charge in [-0.3, -0.25) is 4.79 Å². The number of aldehydes is 1. The smallest absolute Gasteiger partial charge is 0.161 e. The van der Waals surface area contributed by atoms with Crippen molar-refractivity contribution in [1.29, 1.82) is 0 Å². The van der Waals surface area contributed by atoms with Crippen LogP contribution in [0.4, 0.5) is 0 Å². The van der Waals surface area contributed by atoms with E-state index < -0.39 is 0 Å². The average Bonchev–Trinajstić information content (AvgIpc) is 3.09. The molecule has 0 saturated heterocycles. The van der Waals surface area contributed by atoms with Gasteiger partial charge in [-0.25, -0.2) is 0 Å². The summed E-state index contributed by atoms with van der Waals surface area (Å²) in [4.78, 5) is 10.9. The van der Waals surface area contributed by atoms with Gasteiger partial charge in [-0.15, -0.1) is 0 Å². The molecule has 1 fully saturated rings. The molecule has 0 heterocycles. The second-order valence-electron chi connectivity index (χ2n) is 7.18. The number of hydrogen-bond acceptors (Lipinski definition) is 4. The van der Waals surface area contributed by atoms with Crippen molar-refractivity contribution in [1.82, 2.24) is 0 Å². The minimum Gasteiger partial charge on any atom is -0.490 e. The van der Waals surface area contributed by atoms with Gasteiger partial charge >= 0.3 is 0 Å². The number of ether oxygens (including phenoxy) is 3. The molecule has 4 nitrogen and oxygen atoms in total. The molecule has 0 atom stereocenters. The van der Waals surface area contributed by atoms with E-state index in [-0.39, 0.29) is 0 Å². The Morgan fingerprint density at radius 1 is 1.04 bits per heavy atom. The number of carbonyl (C=O) groups is 1. The molecule has 1 aromatic carbocycles. The number of allylic oxidation sites excluding steroid dienone is 1. The third-order valence-corrected chi connectivity index (χ3v) is 5.10. The van der Waals surface area contributed by atoms with Gasteiger partial charge in [0.15, 0.2) is 11.5 Å². The summed E-state index contributed by atoms with van der Waals surface area (Å²) >= 11 is 0. The Labute approximate surface area is 157 Å². The molecule has 1 saturated carbocycles. The highest BCUT2D eigenvalue weighted by molar-refractivity contribution is 5.76. The molecule has 0 unspecified atom stereocenters. The molecule has 1 aromatic rings. The van der Waals surface area contributed by atoms with Crippen molar-refractivity contribution in [2.24, 2.45) is 5.41 Å². The first-order chi connectivity index (χ1) is 12.7. The lowest BCUT2D eigenvalue weighted by molar-refractivity contribution is 0.112. The third kappa shape index (κ3) is 5.60. The number of hydrogen-bond donors (Lipinski definition) is 0. The Hall–Kier alpha value is -1.81. The number of methoxy groups -OCH3 is 1. The quantitative estimate of drug-likeness (QED) is 0.516. The van der Waals surface area contributed by atoms with E-state index in [9.17, 15) is 4.79 Å². The zero-order valence-electron chi connectivity index (χ0n) is 16.4. The molecule has 0 aliphatic heterocycles. The van der Waals surface area contributed by atoms with Gasteiger partial charge in [0.1, 0.15) is 12.9 Å². The molecule has 2 aliphatic carbocycles. The van der Waals surface area contributed by atoms with Gasteiger partial charge in [0, 0.05) is 19.8 Å². The molecule has 3 rings (SSSR count). The third-order valence-electron chi connectivity index (χ3n) is 5.10. The summed E-state index contributed by atoms with van der Waals surface area (Å²) < 4.78 is 15.9. The maximum Gasteiger partial charge on any atom is 0.161 e. The van der Waals surface area contributed by atoms with Crippen LogP contribution in [0.5, 0.6) is 11.5 Å². The predicted octanol–water partition coefficient (Wildman–Crippen LogP) is 5.21. The van der Waals surface area contributed by atoms with Crippen LogP contribution in [-0.2, 0) is 4.74 Å². The zero-order valence-corrected chi connectivity index (χ0v) is 16.4. The van der Waals surface area contributed by atoms with Crippen LogP contribution in [0.15, 0.2) is 29.8 Å². The highest BCUT2D eigenvalue weighted by Gasteiger charge is 2.33. The summed E-state index contributed by atoms with van der Waals surface area (Å²) in [6.45, 7) is 3.12. The lowest BCUT2D eigenvalue weighted by Gasteiger charge is -2.31. The first kappa shape index (κ1) is 20.5. The van der Waals surface area contributed by atoms with Crippen molar-refractivity contribution in [2.75, 3.05) is 27.4 Å². The summed E-state index contributed by atoms with van der Waals surface area (Å²) in [6.07, 6.45) is 12.5. The number of carbonyl (C=O) groups excluding carboxylic acids is 1. The molecule has 1 spiro atoms. The summed E-state index contributed by atoms with van der Waals surface area (Å²) in [5.41, 5.74) is 2.49. The fraction of sp³-hybridized carbons (Fsp3) is 0.591. The van der Waals surface area contributed by atoms with Crippen molar-refractivity contribution in [2.45, 2.75) is 51.9 Å². The van der Waals surface area contributed by atoms with Crippen LogP contribution in [-0.4, -0.2) is 33.7 Å². The number of rotatable bonds is 6. The van der Waals surface area contributed by atoms with Crippen LogP contribution in [0.2, 0.25) is 0 Å². The zero-order chi connectivity index (χ0) is 18.8. The van der Waals surface area contributed by atoms with Gasteiger partial charge in [-0.1, -0.05) is 18.9 Å². The average molecular weight is 360 g/mol. The molecular formula is C22H32O4. The second-order valence-corrected chi connectivity index (χ2v) is 7.18. The summed E-state index contributed by atoms with van der Waals surface area (Å²) in [5, 5.41) is 0. The van der Waals surface area contributed by atoms with Crippen molar-refractivity contribution < 1.29 is 19.0 Å². The van der Waals surface area contributed by atoms with E-state index in [2.05, 4.69) is 10.8 Å². The van der Waals surface area contributed by atoms with E-state index in [4.69, 9.17) is 9.47 Å². The Morgan fingerprint density at radius 2 is 1.73 bits per heavy atom. The number of benzene rings is 1. The molecular weight excluding hydrogens is 328 g/mol. The second kappa shape index (κ2) is 10.4. The highest BCUT2D eigenvalue weighted by Crippen LogP contribution is 2.47. The van der Waals surface area contributed by atoms with Crippen LogP contribution < -0.4 is 9.47 Å². The van der Waals surface area contributed by atoms with Crippen molar-refractivity contribution in [3.8, 4) is 11.5 Å². The van der Waals surface area contributed by atoms with Crippen LogP contribution in [0.1, 0.15) is 62.2 Å².